The van der Waals surface area contributed by atoms with Gasteiger partial charge in [0.2, 0.25) is 5.89 Å². The Kier molecular flexibility index (Phi) is 6.21. The summed E-state index contributed by atoms with van der Waals surface area (Å²) in [5.74, 6) is 0.655. The summed E-state index contributed by atoms with van der Waals surface area (Å²) in [6.07, 6.45) is 2.86. The molecule has 1 aromatic heterocycles. The number of ether oxygens (including phenoxy) is 1. The molecule has 0 radical (unpaired) electrons. The second-order valence-corrected chi connectivity index (χ2v) is 6.46. The Balaban J connectivity index is 1.40. The quantitative estimate of drug-likeness (QED) is 0.749. The minimum atomic E-state index is 0.655. The Bertz CT molecular complexity index is 611. The highest BCUT2D eigenvalue weighted by molar-refractivity contribution is 9.10. The van der Waals surface area contributed by atoms with Crippen molar-refractivity contribution >= 4 is 15.9 Å². The smallest absolute Gasteiger partial charge is 0.227 e. The van der Waals surface area contributed by atoms with Gasteiger partial charge in [0.15, 0.2) is 0 Å². The largest absolute Gasteiger partial charge is 0.444 e. The van der Waals surface area contributed by atoms with E-state index in [1.807, 2.05) is 24.3 Å². The molecule has 1 aliphatic heterocycles. The lowest BCUT2D eigenvalue weighted by molar-refractivity contribution is 0.0374. The van der Waals surface area contributed by atoms with Crippen LogP contribution in [0.15, 0.2) is 39.4 Å². The third-order valence-corrected chi connectivity index (χ3v) is 4.59. The molecule has 2 heterocycles. The number of benzene rings is 1. The normalized spacial score (nSPS) is 15.9. The molecule has 124 valence electrons. The first kappa shape index (κ1) is 16.6. The number of nitrogens with one attached hydrogen (secondary N) is 1. The van der Waals surface area contributed by atoms with Gasteiger partial charge < -0.3 is 14.5 Å². The summed E-state index contributed by atoms with van der Waals surface area (Å²) < 4.78 is 11.9. The van der Waals surface area contributed by atoms with E-state index in [1.165, 1.54) is 0 Å². The lowest BCUT2D eigenvalue weighted by atomic mass is 10.2. The standard InChI is InChI=1S/C17H22BrN3O2/c18-16-5-2-1-4-15(16)17-20-14(13-23-17)12-19-6-3-7-21-8-10-22-11-9-21/h1-2,4-5,13,19H,3,6-12H2. The SMILES string of the molecule is Brc1ccccc1-c1nc(CNCCCN2CCOCC2)co1. The predicted molar refractivity (Wildman–Crippen MR) is 93.2 cm³/mol. The van der Waals surface area contributed by atoms with Crippen molar-refractivity contribution in [3.05, 3.63) is 40.7 Å². The molecule has 0 amide bonds. The number of oxazole rings is 1. The molecule has 6 heteroatoms. The van der Waals surface area contributed by atoms with Gasteiger partial charge in [-0.15, -0.1) is 0 Å². The van der Waals surface area contributed by atoms with Gasteiger partial charge in [0, 0.05) is 24.1 Å². The molecule has 1 fully saturated rings. The molecular weight excluding hydrogens is 358 g/mol. The van der Waals surface area contributed by atoms with E-state index in [9.17, 15) is 0 Å². The molecule has 0 aliphatic carbocycles. The predicted octanol–water partition coefficient (Wildman–Crippen LogP) is 2.92. The van der Waals surface area contributed by atoms with E-state index in [1.54, 1.807) is 6.26 Å². The van der Waals surface area contributed by atoms with Gasteiger partial charge in [-0.3, -0.25) is 4.90 Å². The summed E-state index contributed by atoms with van der Waals surface area (Å²) in [6.45, 7) is 6.68. The fourth-order valence-electron chi connectivity index (χ4n) is 2.62. The molecular formula is C17H22BrN3O2. The molecule has 0 saturated carbocycles. The van der Waals surface area contributed by atoms with Gasteiger partial charge in [-0.1, -0.05) is 12.1 Å². The molecule has 1 N–H and O–H groups in total. The Hall–Kier alpha value is -1.21. The van der Waals surface area contributed by atoms with Crippen LogP contribution in [0.2, 0.25) is 0 Å². The summed E-state index contributed by atoms with van der Waals surface area (Å²) in [4.78, 5) is 6.99. The van der Waals surface area contributed by atoms with Gasteiger partial charge in [-0.05, 0) is 47.6 Å². The zero-order valence-corrected chi connectivity index (χ0v) is 14.7. The van der Waals surface area contributed by atoms with Gasteiger partial charge in [-0.2, -0.15) is 0 Å². The van der Waals surface area contributed by atoms with Crippen LogP contribution in [0.25, 0.3) is 11.5 Å². The van der Waals surface area contributed by atoms with Gasteiger partial charge in [0.05, 0.1) is 24.5 Å². The summed E-state index contributed by atoms with van der Waals surface area (Å²) >= 11 is 3.52. The molecule has 0 spiro atoms. The van der Waals surface area contributed by atoms with E-state index >= 15 is 0 Å². The van der Waals surface area contributed by atoms with Crippen LogP contribution in [-0.4, -0.2) is 49.3 Å². The van der Waals surface area contributed by atoms with Gasteiger partial charge in [0.25, 0.3) is 0 Å². The molecule has 1 saturated heterocycles. The monoisotopic (exact) mass is 379 g/mol. The first-order valence-electron chi connectivity index (χ1n) is 8.03. The molecule has 1 aliphatic rings. The molecule has 1 aromatic carbocycles. The Labute approximate surface area is 145 Å². The van der Waals surface area contributed by atoms with E-state index in [4.69, 9.17) is 9.15 Å². The van der Waals surface area contributed by atoms with Crippen LogP contribution < -0.4 is 5.32 Å². The van der Waals surface area contributed by atoms with Crippen LogP contribution in [0.5, 0.6) is 0 Å². The van der Waals surface area contributed by atoms with Crippen molar-refractivity contribution < 1.29 is 9.15 Å². The molecule has 0 bridgehead atoms. The molecule has 0 atom stereocenters. The topological polar surface area (TPSA) is 50.5 Å². The van der Waals surface area contributed by atoms with Crippen LogP contribution >= 0.6 is 15.9 Å². The zero-order chi connectivity index (χ0) is 15.9. The van der Waals surface area contributed by atoms with Crippen LogP contribution in [-0.2, 0) is 11.3 Å². The summed E-state index contributed by atoms with van der Waals surface area (Å²) in [7, 11) is 0. The Morgan fingerprint density at radius 2 is 2.04 bits per heavy atom. The van der Waals surface area contributed by atoms with E-state index < -0.39 is 0 Å². The maximum Gasteiger partial charge on any atom is 0.227 e. The number of hydrogen-bond acceptors (Lipinski definition) is 5. The fraction of sp³-hybridized carbons (Fsp3) is 0.471. The number of aromatic nitrogens is 1. The van der Waals surface area contributed by atoms with Crippen LogP contribution in [0.4, 0.5) is 0 Å². The minimum Gasteiger partial charge on any atom is -0.444 e. The second-order valence-electron chi connectivity index (χ2n) is 5.61. The number of rotatable bonds is 7. The molecule has 3 rings (SSSR count). The number of morpholine rings is 1. The molecule has 5 nitrogen and oxygen atoms in total. The fourth-order valence-corrected chi connectivity index (χ4v) is 3.07. The van der Waals surface area contributed by atoms with Crippen LogP contribution in [0.1, 0.15) is 12.1 Å². The van der Waals surface area contributed by atoms with E-state index in [2.05, 4.69) is 31.1 Å². The van der Waals surface area contributed by atoms with Crippen LogP contribution in [0.3, 0.4) is 0 Å². The van der Waals surface area contributed by atoms with Crippen molar-refractivity contribution in [3.8, 4) is 11.5 Å². The van der Waals surface area contributed by atoms with Gasteiger partial charge >= 0.3 is 0 Å². The number of halogens is 1. The average molecular weight is 380 g/mol. The molecule has 2 aromatic rings. The van der Waals surface area contributed by atoms with Crippen molar-refractivity contribution in [1.82, 2.24) is 15.2 Å². The third-order valence-electron chi connectivity index (χ3n) is 3.89. The summed E-state index contributed by atoms with van der Waals surface area (Å²) in [6, 6.07) is 7.94. The Morgan fingerprint density at radius 1 is 1.22 bits per heavy atom. The van der Waals surface area contributed by atoms with Gasteiger partial charge in [-0.25, -0.2) is 4.98 Å². The van der Waals surface area contributed by atoms with Crippen molar-refractivity contribution in [1.29, 1.82) is 0 Å². The van der Waals surface area contributed by atoms with Crippen LogP contribution in [0, 0.1) is 0 Å². The first-order chi connectivity index (χ1) is 11.3. The first-order valence-corrected chi connectivity index (χ1v) is 8.82. The van der Waals surface area contributed by atoms with E-state index in [-0.39, 0.29) is 0 Å². The van der Waals surface area contributed by atoms with Crippen molar-refractivity contribution in [2.45, 2.75) is 13.0 Å². The van der Waals surface area contributed by atoms with E-state index in [0.717, 1.165) is 68.1 Å². The number of hydrogen-bond donors (Lipinski definition) is 1. The highest BCUT2D eigenvalue weighted by Gasteiger charge is 2.10. The van der Waals surface area contributed by atoms with Crippen molar-refractivity contribution in [2.24, 2.45) is 0 Å². The summed E-state index contributed by atoms with van der Waals surface area (Å²) in [5, 5.41) is 3.43. The van der Waals surface area contributed by atoms with Crippen molar-refractivity contribution in [2.75, 3.05) is 39.4 Å². The maximum atomic E-state index is 5.58. The zero-order valence-electron chi connectivity index (χ0n) is 13.1. The summed E-state index contributed by atoms with van der Waals surface area (Å²) in [5.41, 5.74) is 1.91. The Morgan fingerprint density at radius 3 is 2.87 bits per heavy atom. The lowest BCUT2D eigenvalue weighted by Crippen LogP contribution is -2.37. The second kappa shape index (κ2) is 8.59. The maximum absolute atomic E-state index is 5.58. The lowest BCUT2D eigenvalue weighted by Gasteiger charge is -2.26. The van der Waals surface area contributed by atoms with E-state index in [0.29, 0.717) is 5.89 Å². The number of nitrogens with zero attached hydrogens (tertiary/aromatic N) is 2. The third kappa shape index (κ3) is 4.88. The van der Waals surface area contributed by atoms with Crippen molar-refractivity contribution in [3.63, 3.8) is 0 Å². The highest BCUT2D eigenvalue weighted by atomic mass is 79.9. The molecule has 0 unspecified atom stereocenters. The highest BCUT2D eigenvalue weighted by Crippen LogP contribution is 2.26. The van der Waals surface area contributed by atoms with Gasteiger partial charge in [0.1, 0.15) is 6.26 Å². The molecule has 23 heavy (non-hydrogen) atoms. The minimum absolute atomic E-state index is 0.655. The average Bonchev–Trinajstić information content (AvgIpc) is 3.04.